The molecule has 3 fully saturated rings. The Bertz CT molecular complexity index is 1410. The van der Waals surface area contributed by atoms with Crippen LogP contribution in [-0.2, 0) is 14.3 Å². The van der Waals surface area contributed by atoms with Gasteiger partial charge in [-0.1, -0.05) is 12.1 Å². The van der Waals surface area contributed by atoms with E-state index in [4.69, 9.17) is 13.9 Å². The van der Waals surface area contributed by atoms with Crippen molar-refractivity contribution in [3.63, 3.8) is 0 Å². The van der Waals surface area contributed by atoms with Gasteiger partial charge in [-0.25, -0.2) is 14.5 Å². The van der Waals surface area contributed by atoms with Crippen molar-refractivity contribution in [1.29, 1.82) is 0 Å². The first-order valence-electron chi connectivity index (χ1n) is 12.5. The SMILES string of the molecule is O=C(COC(=O)c1ccccc1N1C(=O)C2C3CCC(C3)C2C1=O)c1ccc(OC(=O)c2ccco2)cc1. The van der Waals surface area contributed by atoms with Gasteiger partial charge in [0.05, 0.1) is 29.3 Å². The fraction of sp³-hybridized carbons (Fsp3) is 0.276. The summed E-state index contributed by atoms with van der Waals surface area (Å²) in [6.45, 7) is -0.546. The normalized spacial score (nSPS) is 23.4. The van der Waals surface area contributed by atoms with Crippen molar-refractivity contribution >= 4 is 35.2 Å². The second kappa shape index (κ2) is 9.41. The van der Waals surface area contributed by atoms with Crippen molar-refractivity contribution in [3.8, 4) is 5.75 Å². The molecule has 2 aliphatic carbocycles. The molecule has 3 aliphatic rings. The number of carbonyl (C=O) groups is 5. The molecule has 2 saturated carbocycles. The molecule has 3 aromatic rings. The highest BCUT2D eigenvalue weighted by Gasteiger charge is 2.61. The molecule has 9 nitrogen and oxygen atoms in total. The molecule has 9 heteroatoms. The first-order valence-corrected chi connectivity index (χ1v) is 12.5. The van der Waals surface area contributed by atoms with E-state index in [-0.39, 0.29) is 63.8 Å². The van der Waals surface area contributed by atoms with Gasteiger partial charge in [0.25, 0.3) is 0 Å². The van der Waals surface area contributed by atoms with Gasteiger partial charge in [-0.15, -0.1) is 0 Å². The van der Waals surface area contributed by atoms with E-state index in [2.05, 4.69) is 0 Å². The lowest BCUT2D eigenvalue weighted by Crippen LogP contribution is -2.34. The van der Waals surface area contributed by atoms with Crippen molar-refractivity contribution in [2.45, 2.75) is 19.3 Å². The van der Waals surface area contributed by atoms with E-state index < -0.39 is 24.3 Å². The molecular weight excluding hydrogens is 490 g/mol. The summed E-state index contributed by atoms with van der Waals surface area (Å²) in [4.78, 5) is 65.2. The summed E-state index contributed by atoms with van der Waals surface area (Å²) >= 11 is 0. The summed E-state index contributed by atoms with van der Waals surface area (Å²) in [5, 5.41) is 0. The first-order chi connectivity index (χ1) is 18.4. The van der Waals surface area contributed by atoms with E-state index in [1.807, 2.05) is 0 Å². The largest absolute Gasteiger partial charge is 0.457 e. The molecule has 0 N–H and O–H groups in total. The number of amides is 2. The maximum absolute atomic E-state index is 13.2. The molecule has 1 aliphatic heterocycles. The van der Waals surface area contributed by atoms with Crippen LogP contribution in [0, 0.1) is 23.7 Å². The minimum Gasteiger partial charge on any atom is -0.457 e. The number of hydrogen-bond acceptors (Lipinski definition) is 8. The van der Waals surface area contributed by atoms with Crippen LogP contribution in [0.2, 0.25) is 0 Å². The molecule has 1 aromatic heterocycles. The Labute approximate surface area is 217 Å². The number of anilines is 1. The summed E-state index contributed by atoms with van der Waals surface area (Å²) in [7, 11) is 0. The van der Waals surface area contributed by atoms with Crippen LogP contribution in [-0.4, -0.2) is 36.1 Å². The highest BCUT2D eigenvalue weighted by atomic mass is 16.5. The number of ketones is 1. The van der Waals surface area contributed by atoms with E-state index in [1.165, 1.54) is 42.7 Å². The Kier molecular flexibility index (Phi) is 5.90. The van der Waals surface area contributed by atoms with Gasteiger partial charge in [-0.2, -0.15) is 0 Å². The molecule has 6 rings (SSSR count). The van der Waals surface area contributed by atoms with Crippen molar-refractivity contribution < 1.29 is 37.9 Å². The standard InChI is InChI=1S/C29H23NO8/c31-22(16-9-11-19(12-10-16)38-29(35)23-6-3-13-36-23)15-37-28(34)20-4-1-2-5-21(20)30-26(32)24-17-7-8-18(14-17)25(24)27(30)33/h1-6,9-13,17-18,24-25H,7-8,14-15H2. The van der Waals surface area contributed by atoms with Gasteiger partial charge in [0.2, 0.25) is 17.6 Å². The minimum atomic E-state index is -0.807. The molecule has 2 bridgehead atoms. The lowest BCUT2D eigenvalue weighted by atomic mass is 9.81. The number of carbonyl (C=O) groups excluding carboxylic acids is 5. The third-order valence-corrected chi connectivity index (χ3v) is 7.74. The third-order valence-electron chi connectivity index (χ3n) is 7.74. The van der Waals surface area contributed by atoms with E-state index in [1.54, 1.807) is 24.3 Å². The number of furan rings is 1. The Hall–Kier alpha value is -4.53. The van der Waals surface area contributed by atoms with Gasteiger partial charge in [-0.3, -0.25) is 14.4 Å². The van der Waals surface area contributed by atoms with E-state index in [0.29, 0.717) is 0 Å². The topological polar surface area (TPSA) is 120 Å². The average Bonchev–Trinajstić information content (AvgIpc) is 3.73. The molecule has 192 valence electrons. The zero-order valence-corrected chi connectivity index (χ0v) is 20.2. The molecule has 2 heterocycles. The molecular formula is C29H23NO8. The summed E-state index contributed by atoms with van der Waals surface area (Å²) in [5.41, 5.74) is 0.489. The second-order valence-electron chi connectivity index (χ2n) is 9.80. The fourth-order valence-electron chi connectivity index (χ4n) is 6.04. The average molecular weight is 514 g/mol. The summed E-state index contributed by atoms with van der Waals surface area (Å²) < 4.78 is 15.4. The Morgan fingerprint density at radius 3 is 2.18 bits per heavy atom. The number of benzene rings is 2. The minimum absolute atomic E-state index is 0.0465. The summed E-state index contributed by atoms with van der Waals surface area (Å²) in [5.74, 6) is -2.37. The first kappa shape index (κ1) is 23.8. The maximum atomic E-state index is 13.2. The number of imide groups is 1. The van der Waals surface area contributed by atoms with E-state index in [0.717, 1.165) is 24.2 Å². The molecule has 38 heavy (non-hydrogen) atoms. The van der Waals surface area contributed by atoms with Gasteiger partial charge in [0.1, 0.15) is 5.75 Å². The number of nitrogens with zero attached hydrogens (tertiary/aromatic N) is 1. The quantitative estimate of drug-likeness (QED) is 0.201. The fourth-order valence-corrected chi connectivity index (χ4v) is 6.04. The van der Waals surface area contributed by atoms with Crippen molar-refractivity contribution in [2.24, 2.45) is 23.7 Å². The lowest BCUT2D eigenvalue weighted by Gasteiger charge is -2.19. The van der Waals surface area contributed by atoms with Gasteiger partial charge in [-0.05, 0) is 79.6 Å². The van der Waals surface area contributed by atoms with E-state index >= 15 is 0 Å². The molecule has 1 saturated heterocycles. The lowest BCUT2D eigenvalue weighted by molar-refractivity contribution is -0.123. The molecule has 2 amide bonds. The van der Waals surface area contributed by atoms with Crippen LogP contribution in [0.1, 0.15) is 50.5 Å². The van der Waals surface area contributed by atoms with Crippen LogP contribution in [0.25, 0.3) is 0 Å². The number of Topliss-reactive ketones (excluding diaryl/α,β-unsaturated/α-hetero) is 1. The van der Waals surface area contributed by atoms with Gasteiger partial charge < -0.3 is 13.9 Å². The maximum Gasteiger partial charge on any atom is 0.379 e. The van der Waals surface area contributed by atoms with Crippen LogP contribution in [0.3, 0.4) is 0 Å². The van der Waals surface area contributed by atoms with Crippen LogP contribution in [0.15, 0.2) is 71.3 Å². The Balaban J connectivity index is 1.11. The number of hydrogen-bond donors (Lipinski definition) is 0. The smallest absolute Gasteiger partial charge is 0.379 e. The Morgan fingerprint density at radius 2 is 1.53 bits per heavy atom. The second-order valence-corrected chi connectivity index (χ2v) is 9.80. The highest BCUT2D eigenvalue weighted by molar-refractivity contribution is 6.24. The van der Waals surface area contributed by atoms with Gasteiger partial charge in [0, 0.05) is 5.56 Å². The molecule has 4 atom stereocenters. The van der Waals surface area contributed by atoms with Crippen molar-refractivity contribution in [2.75, 3.05) is 11.5 Å². The van der Waals surface area contributed by atoms with Crippen molar-refractivity contribution in [1.82, 2.24) is 0 Å². The van der Waals surface area contributed by atoms with Crippen LogP contribution in [0.5, 0.6) is 5.75 Å². The number of fused-ring (bicyclic) bond motifs is 5. The summed E-state index contributed by atoms with van der Waals surface area (Å²) in [6, 6.07) is 15.1. The number of rotatable bonds is 7. The summed E-state index contributed by atoms with van der Waals surface area (Å²) in [6.07, 6.45) is 4.18. The Morgan fingerprint density at radius 1 is 0.842 bits per heavy atom. The predicted molar refractivity (Wildman–Crippen MR) is 131 cm³/mol. The van der Waals surface area contributed by atoms with Crippen LogP contribution < -0.4 is 9.64 Å². The van der Waals surface area contributed by atoms with Gasteiger partial charge in [0.15, 0.2) is 12.4 Å². The van der Waals surface area contributed by atoms with Gasteiger partial charge >= 0.3 is 11.9 Å². The van der Waals surface area contributed by atoms with Crippen LogP contribution in [0.4, 0.5) is 5.69 Å². The molecule has 0 spiro atoms. The molecule has 0 radical (unpaired) electrons. The number of ether oxygens (including phenoxy) is 2. The third kappa shape index (κ3) is 4.00. The number of esters is 2. The monoisotopic (exact) mass is 513 g/mol. The van der Waals surface area contributed by atoms with E-state index in [9.17, 15) is 24.0 Å². The zero-order chi connectivity index (χ0) is 26.4. The van der Waals surface area contributed by atoms with Crippen molar-refractivity contribution in [3.05, 3.63) is 83.8 Å². The molecule has 2 aromatic carbocycles. The molecule has 4 unspecified atom stereocenters. The zero-order valence-electron chi connectivity index (χ0n) is 20.2. The number of para-hydroxylation sites is 1. The van der Waals surface area contributed by atoms with Crippen LogP contribution >= 0.6 is 0 Å². The predicted octanol–water partition coefficient (Wildman–Crippen LogP) is 4.07. The highest BCUT2D eigenvalue weighted by Crippen LogP contribution is 2.56.